The number of hydrogen-bond acceptors (Lipinski definition) is 3. The van der Waals surface area contributed by atoms with Crippen LogP contribution in [0, 0.1) is 5.82 Å². The van der Waals surface area contributed by atoms with Crippen molar-refractivity contribution >= 4 is 17.5 Å². The van der Waals surface area contributed by atoms with E-state index in [9.17, 15) is 19.1 Å². The molecule has 1 fully saturated rings. The summed E-state index contributed by atoms with van der Waals surface area (Å²) in [6.07, 6.45) is -0.479. The van der Waals surface area contributed by atoms with Crippen LogP contribution in [0.1, 0.15) is 16.8 Å². The summed E-state index contributed by atoms with van der Waals surface area (Å²) in [6.45, 7) is 0.125. The third kappa shape index (κ3) is 2.27. The van der Waals surface area contributed by atoms with Crippen molar-refractivity contribution in [1.82, 2.24) is 4.90 Å². The number of benzene rings is 2. The van der Waals surface area contributed by atoms with Gasteiger partial charge in [-0.25, -0.2) is 4.39 Å². The van der Waals surface area contributed by atoms with Crippen LogP contribution in [-0.4, -0.2) is 40.5 Å². The predicted molar refractivity (Wildman–Crippen MR) is 85.9 cm³/mol. The quantitative estimate of drug-likeness (QED) is 0.842. The Balaban J connectivity index is 1.81. The number of fused-ring (bicyclic) bond motifs is 2. The fourth-order valence-electron chi connectivity index (χ4n) is 3.35. The molecular formula is C18H15FN2O3. The van der Waals surface area contributed by atoms with Crippen LogP contribution in [-0.2, 0) is 4.79 Å². The van der Waals surface area contributed by atoms with E-state index in [-0.39, 0.29) is 30.6 Å². The fourth-order valence-corrected chi connectivity index (χ4v) is 3.35. The molecule has 0 radical (unpaired) electrons. The first kappa shape index (κ1) is 14.8. The Morgan fingerprint density at radius 2 is 1.92 bits per heavy atom. The number of aliphatic hydroxyl groups excluding tert-OH is 1. The highest BCUT2D eigenvalue weighted by Gasteiger charge is 2.42. The minimum Gasteiger partial charge on any atom is -0.391 e. The first-order chi connectivity index (χ1) is 11.5. The Kier molecular flexibility index (Phi) is 3.35. The molecule has 2 aromatic carbocycles. The molecule has 2 aliphatic rings. The second kappa shape index (κ2) is 5.42. The van der Waals surface area contributed by atoms with Crippen LogP contribution in [0.4, 0.5) is 10.1 Å². The first-order valence-corrected chi connectivity index (χ1v) is 7.73. The van der Waals surface area contributed by atoms with Gasteiger partial charge in [-0.1, -0.05) is 24.3 Å². The van der Waals surface area contributed by atoms with Crippen molar-refractivity contribution < 1.29 is 19.1 Å². The zero-order valence-corrected chi connectivity index (χ0v) is 12.7. The summed E-state index contributed by atoms with van der Waals surface area (Å²) in [4.78, 5) is 26.5. The van der Waals surface area contributed by atoms with Crippen LogP contribution >= 0.6 is 0 Å². The fraction of sp³-hybridized carbons (Fsp3) is 0.222. The largest absolute Gasteiger partial charge is 0.391 e. The van der Waals surface area contributed by atoms with Gasteiger partial charge in [-0.05, 0) is 23.8 Å². The van der Waals surface area contributed by atoms with Crippen molar-refractivity contribution in [3.63, 3.8) is 0 Å². The molecule has 0 saturated carbocycles. The minimum atomic E-state index is -0.707. The van der Waals surface area contributed by atoms with E-state index in [0.717, 1.165) is 0 Å². The zero-order valence-electron chi connectivity index (χ0n) is 12.7. The molecule has 0 aromatic heterocycles. The molecule has 0 aliphatic carbocycles. The number of nitrogens with zero attached hydrogens (tertiary/aromatic N) is 1. The maximum absolute atomic E-state index is 14.0. The summed E-state index contributed by atoms with van der Waals surface area (Å²) < 4.78 is 14.0. The molecule has 1 saturated heterocycles. The minimum absolute atomic E-state index is 0.125. The summed E-state index contributed by atoms with van der Waals surface area (Å²) in [5.74, 6) is -1.02. The number of carbonyl (C=O) groups is 2. The summed E-state index contributed by atoms with van der Waals surface area (Å²) in [5, 5.41) is 12.5. The van der Waals surface area contributed by atoms with E-state index in [2.05, 4.69) is 5.32 Å². The zero-order chi connectivity index (χ0) is 16.8. The lowest BCUT2D eigenvalue weighted by atomic mass is 10.0. The van der Waals surface area contributed by atoms with Gasteiger partial charge in [0.15, 0.2) is 0 Å². The standard InChI is InChI=1S/C18H15FN2O3/c19-14-4-2-1-3-12(14)10-5-6-15-13(7-10)18(24)21-9-11(22)8-16(21)17(23)20-15/h1-7,11,16,22H,8-9H2,(H,20,23). The summed E-state index contributed by atoms with van der Waals surface area (Å²) in [6, 6.07) is 10.5. The van der Waals surface area contributed by atoms with Gasteiger partial charge in [-0.15, -0.1) is 0 Å². The Morgan fingerprint density at radius 3 is 2.71 bits per heavy atom. The molecule has 2 aromatic rings. The number of hydrogen-bond donors (Lipinski definition) is 2. The maximum Gasteiger partial charge on any atom is 0.256 e. The van der Waals surface area contributed by atoms with Crippen molar-refractivity contribution in [1.29, 1.82) is 0 Å². The number of anilines is 1. The molecular weight excluding hydrogens is 311 g/mol. The van der Waals surface area contributed by atoms with Gasteiger partial charge in [-0.3, -0.25) is 9.59 Å². The van der Waals surface area contributed by atoms with Crippen LogP contribution in [0.5, 0.6) is 0 Å². The van der Waals surface area contributed by atoms with Gasteiger partial charge in [0.1, 0.15) is 11.9 Å². The van der Waals surface area contributed by atoms with Crippen molar-refractivity contribution in [2.45, 2.75) is 18.6 Å². The van der Waals surface area contributed by atoms with Gasteiger partial charge >= 0.3 is 0 Å². The second-order valence-corrected chi connectivity index (χ2v) is 6.09. The van der Waals surface area contributed by atoms with Gasteiger partial charge in [0, 0.05) is 18.5 Å². The first-order valence-electron chi connectivity index (χ1n) is 7.73. The molecule has 2 unspecified atom stereocenters. The molecule has 122 valence electrons. The van der Waals surface area contributed by atoms with Crippen molar-refractivity contribution in [3.05, 3.63) is 53.8 Å². The highest BCUT2D eigenvalue weighted by Crippen LogP contribution is 2.32. The van der Waals surface area contributed by atoms with Crippen molar-refractivity contribution in [2.24, 2.45) is 0 Å². The smallest absolute Gasteiger partial charge is 0.256 e. The average Bonchev–Trinajstić information content (AvgIpc) is 2.93. The molecule has 0 bridgehead atoms. The molecule has 2 N–H and O–H groups in total. The lowest BCUT2D eigenvalue weighted by Gasteiger charge is -2.19. The number of rotatable bonds is 1. The third-order valence-corrected chi connectivity index (χ3v) is 4.54. The lowest BCUT2D eigenvalue weighted by Crippen LogP contribution is -2.40. The van der Waals surface area contributed by atoms with E-state index in [4.69, 9.17) is 0 Å². The summed E-state index contributed by atoms with van der Waals surface area (Å²) in [5.41, 5.74) is 1.67. The topological polar surface area (TPSA) is 69.6 Å². The summed E-state index contributed by atoms with van der Waals surface area (Å²) >= 11 is 0. The number of amides is 2. The van der Waals surface area contributed by atoms with E-state index in [0.29, 0.717) is 22.4 Å². The van der Waals surface area contributed by atoms with Gasteiger partial charge in [0.2, 0.25) is 5.91 Å². The molecule has 2 amide bonds. The highest BCUT2D eigenvalue weighted by molar-refractivity contribution is 6.10. The van der Waals surface area contributed by atoms with E-state index in [1.807, 2.05) is 0 Å². The van der Waals surface area contributed by atoms with E-state index < -0.39 is 12.1 Å². The maximum atomic E-state index is 14.0. The van der Waals surface area contributed by atoms with Crippen LogP contribution in [0.15, 0.2) is 42.5 Å². The van der Waals surface area contributed by atoms with Crippen LogP contribution in [0.2, 0.25) is 0 Å². The molecule has 6 heteroatoms. The lowest BCUT2D eigenvalue weighted by molar-refractivity contribution is -0.119. The number of carbonyl (C=O) groups excluding carboxylic acids is 2. The van der Waals surface area contributed by atoms with Gasteiger partial charge in [-0.2, -0.15) is 0 Å². The second-order valence-electron chi connectivity index (χ2n) is 6.09. The number of nitrogens with one attached hydrogen (secondary N) is 1. The highest BCUT2D eigenvalue weighted by atomic mass is 19.1. The van der Waals surface area contributed by atoms with Gasteiger partial charge in [0.25, 0.3) is 5.91 Å². The van der Waals surface area contributed by atoms with Crippen LogP contribution in [0.25, 0.3) is 11.1 Å². The molecule has 4 rings (SSSR count). The Labute approximate surface area is 137 Å². The van der Waals surface area contributed by atoms with Crippen LogP contribution in [0.3, 0.4) is 0 Å². The number of halogens is 1. The summed E-state index contributed by atoms with van der Waals surface area (Å²) in [7, 11) is 0. The van der Waals surface area contributed by atoms with Crippen LogP contribution < -0.4 is 5.32 Å². The number of aliphatic hydroxyl groups is 1. The monoisotopic (exact) mass is 326 g/mol. The van der Waals surface area contributed by atoms with E-state index in [1.165, 1.54) is 11.0 Å². The Bertz CT molecular complexity index is 852. The van der Waals surface area contributed by atoms with E-state index >= 15 is 0 Å². The van der Waals surface area contributed by atoms with Gasteiger partial charge in [0.05, 0.1) is 17.4 Å². The predicted octanol–water partition coefficient (Wildman–Crippen LogP) is 2.02. The van der Waals surface area contributed by atoms with Crippen molar-refractivity contribution in [3.8, 4) is 11.1 Å². The molecule has 2 heterocycles. The third-order valence-electron chi connectivity index (χ3n) is 4.54. The Morgan fingerprint density at radius 1 is 1.12 bits per heavy atom. The van der Waals surface area contributed by atoms with E-state index in [1.54, 1.807) is 36.4 Å². The SMILES string of the molecule is O=C1Nc2ccc(-c3ccccc3F)cc2C(=O)N2CC(O)CC12. The molecule has 2 aliphatic heterocycles. The Hall–Kier alpha value is -2.73. The molecule has 0 spiro atoms. The van der Waals surface area contributed by atoms with Crippen molar-refractivity contribution in [2.75, 3.05) is 11.9 Å². The molecule has 24 heavy (non-hydrogen) atoms. The van der Waals surface area contributed by atoms with Gasteiger partial charge < -0.3 is 15.3 Å². The average molecular weight is 326 g/mol. The molecule has 5 nitrogen and oxygen atoms in total. The molecule has 2 atom stereocenters. The normalized spacial score (nSPS) is 22.7.